The third-order valence-electron chi connectivity index (χ3n) is 6.53. The van der Waals surface area contributed by atoms with Crippen molar-refractivity contribution in [1.82, 2.24) is 10.3 Å². The zero-order chi connectivity index (χ0) is 24.1. The molecule has 8 heteroatoms. The summed E-state index contributed by atoms with van der Waals surface area (Å²) in [6, 6.07) is 11.3. The number of nitrogens with one attached hydrogen (secondary N) is 1. The van der Waals surface area contributed by atoms with E-state index in [1.54, 1.807) is 31.7 Å². The molecule has 1 amide bonds. The molecule has 1 aromatic heterocycles. The second kappa shape index (κ2) is 10.3. The van der Waals surface area contributed by atoms with Gasteiger partial charge in [-0.25, -0.2) is 4.98 Å². The standard InChI is InChI=1S/C26H30N2O5S/c1-31-21-8-6-17(12-20(21)29)13-24-28-19(15-34-24)25(30)27-16-26(10-4-5-11-26)18-7-9-22(32-2)23(14-18)33-3/h6-9,12,14-15,29H,4-5,10-11,13,16H2,1-3H3,(H,27,30). The van der Waals surface area contributed by atoms with Gasteiger partial charge in [0.15, 0.2) is 23.0 Å². The van der Waals surface area contributed by atoms with Gasteiger partial charge in [-0.15, -0.1) is 11.3 Å². The molecule has 34 heavy (non-hydrogen) atoms. The number of amides is 1. The molecule has 0 spiro atoms. The Hall–Kier alpha value is -3.26. The number of hydrogen-bond donors (Lipinski definition) is 2. The fraction of sp³-hybridized carbons (Fsp3) is 0.385. The summed E-state index contributed by atoms with van der Waals surface area (Å²) < 4.78 is 16.0. The molecular weight excluding hydrogens is 452 g/mol. The summed E-state index contributed by atoms with van der Waals surface area (Å²) in [6.07, 6.45) is 4.79. The first kappa shape index (κ1) is 23.9. The Morgan fingerprint density at radius 3 is 2.41 bits per heavy atom. The fourth-order valence-corrected chi connectivity index (χ4v) is 5.45. The minimum Gasteiger partial charge on any atom is -0.504 e. The Labute approximate surface area is 203 Å². The van der Waals surface area contributed by atoms with Crippen LogP contribution in [0.5, 0.6) is 23.0 Å². The number of aromatic nitrogens is 1. The van der Waals surface area contributed by atoms with Gasteiger partial charge in [-0.05, 0) is 48.2 Å². The van der Waals surface area contributed by atoms with Crippen LogP contribution in [0.3, 0.4) is 0 Å². The zero-order valence-electron chi connectivity index (χ0n) is 19.7. The number of phenols is 1. The van der Waals surface area contributed by atoms with E-state index in [1.807, 2.05) is 18.2 Å². The molecule has 1 aliphatic rings. The third-order valence-corrected chi connectivity index (χ3v) is 7.38. The maximum absolute atomic E-state index is 12.9. The van der Waals surface area contributed by atoms with Gasteiger partial charge in [0.1, 0.15) is 5.69 Å². The summed E-state index contributed by atoms with van der Waals surface area (Å²) in [6.45, 7) is 0.542. The largest absolute Gasteiger partial charge is 0.504 e. The first-order valence-electron chi connectivity index (χ1n) is 11.3. The number of thiazole rings is 1. The van der Waals surface area contributed by atoms with Crippen molar-refractivity contribution < 1.29 is 24.1 Å². The lowest BCUT2D eigenvalue weighted by molar-refractivity contribution is 0.0938. The number of rotatable bonds is 9. The second-order valence-electron chi connectivity index (χ2n) is 8.55. The molecule has 1 fully saturated rings. The first-order valence-corrected chi connectivity index (χ1v) is 12.2. The van der Waals surface area contributed by atoms with Crippen molar-refractivity contribution in [3.8, 4) is 23.0 Å². The van der Waals surface area contributed by atoms with E-state index < -0.39 is 0 Å². The Bertz CT molecular complexity index is 1150. The van der Waals surface area contributed by atoms with Crippen molar-refractivity contribution >= 4 is 17.2 Å². The van der Waals surface area contributed by atoms with Gasteiger partial charge in [0.2, 0.25) is 0 Å². The highest BCUT2D eigenvalue weighted by molar-refractivity contribution is 7.09. The van der Waals surface area contributed by atoms with E-state index in [2.05, 4.69) is 16.4 Å². The molecule has 0 unspecified atom stereocenters. The number of ether oxygens (including phenoxy) is 3. The third kappa shape index (κ3) is 4.97. The van der Waals surface area contributed by atoms with Gasteiger partial charge in [-0.2, -0.15) is 0 Å². The number of nitrogens with zero attached hydrogens (tertiary/aromatic N) is 1. The monoisotopic (exact) mass is 482 g/mol. The number of methoxy groups -OCH3 is 3. The Morgan fingerprint density at radius 1 is 1.03 bits per heavy atom. The van der Waals surface area contributed by atoms with E-state index in [0.29, 0.717) is 35.9 Å². The molecule has 3 aromatic rings. The summed E-state index contributed by atoms with van der Waals surface area (Å²) in [4.78, 5) is 17.5. The van der Waals surface area contributed by atoms with Crippen LogP contribution in [-0.4, -0.2) is 43.9 Å². The summed E-state index contributed by atoms with van der Waals surface area (Å²) in [5.74, 6) is 1.74. The van der Waals surface area contributed by atoms with Crippen LogP contribution in [0.2, 0.25) is 0 Å². The van der Waals surface area contributed by atoms with Gasteiger partial charge in [0, 0.05) is 23.8 Å². The lowest BCUT2D eigenvalue weighted by atomic mass is 9.78. The van der Waals surface area contributed by atoms with Crippen LogP contribution < -0.4 is 19.5 Å². The molecule has 2 aromatic carbocycles. The average molecular weight is 483 g/mol. The quantitative estimate of drug-likeness (QED) is 0.459. The van der Waals surface area contributed by atoms with Crippen molar-refractivity contribution in [2.45, 2.75) is 37.5 Å². The maximum Gasteiger partial charge on any atom is 0.270 e. The molecule has 180 valence electrons. The van der Waals surface area contributed by atoms with E-state index in [-0.39, 0.29) is 17.1 Å². The molecular formula is C26H30N2O5S. The molecule has 0 bridgehead atoms. The van der Waals surface area contributed by atoms with Crippen LogP contribution in [-0.2, 0) is 11.8 Å². The smallest absolute Gasteiger partial charge is 0.270 e. The number of carbonyl (C=O) groups excluding carboxylic acids is 1. The van der Waals surface area contributed by atoms with Crippen LogP contribution in [0, 0.1) is 0 Å². The van der Waals surface area contributed by atoms with Crippen LogP contribution in [0.1, 0.15) is 52.3 Å². The lowest BCUT2D eigenvalue weighted by Crippen LogP contribution is -2.39. The number of aromatic hydroxyl groups is 1. The van der Waals surface area contributed by atoms with Gasteiger partial charge in [-0.1, -0.05) is 25.0 Å². The van der Waals surface area contributed by atoms with Gasteiger partial charge < -0.3 is 24.6 Å². The molecule has 0 saturated heterocycles. The minimum absolute atomic E-state index is 0.0894. The van der Waals surface area contributed by atoms with Crippen LogP contribution in [0.15, 0.2) is 41.8 Å². The average Bonchev–Trinajstić information content (AvgIpc) is 3.53. The maximum atomic E-state index is 12.9. The van der Waals surface area contributed by atoms with Crippen LogP contribution in [0.4, 0.5) is 0 Å². The Morgan fingerprint density at radius 2 is 1.74 bits per heavy atom. The molecule has 2 N–H and O–H groups in total. The van der Waals surface area contributed by atoms with Crippen molar-refractivity contribution in [1.29, 1.82) is 0 Å². The second-order valence-corrected chi connectivity index (χ2v) is 9.49. The molecule has 0 aliphatic heterocycles. The highest BCUT2D eigenvalue weighted by Gasteiger charge is 2.36. The summed E-state index contributed by atoms with van der Waals surface area (Å²) in [5.41, 5.74) is 2.34. The Kier molecular flexibility index (Phi) is 7.26. The first-order chi connectivity index (χ1) is 16.5. The van der Waals surface area contributed by atoms with Crippen LogP contribution in [0.25, 0.3) is 0 Å². The molecule has 0 radical (unpaired) electrons. The van der Waals surface area contributed by atoms with Gasteiger partial charge >= 0.3 is 0 Å². The van der Waals surface area contributed by atoms with Crippen molar-refractivity contribution in [3.63, 3.8) is 0 Å². The zero-order valence-corrected chi connectivity index (χ0v) is 20.5. The van der Waals surface area contributed by atoms with E-state index in [9.17, 15) is 9.90 Å². The van der Waals surface area contributed by atoms with E-state index in [0.717, 1.165) is 41.8 Å². The van der Waals surface area contributed by atoms with Crippen molar-refractivity contribution in [2.75, 3.05) is 27.9 Å². The van der Waals surface area contributed by atoms with Crippen molar-refractivity contribution in [2.24, 2.45) is 0 Å². The van der Waals surface area contributed by atoms with E-state index in [1.165, 1.54) is 18.4 Å². The van der Waals surface area contributed by atoms with E-state index >= 15 is 0 Å². The SMILES string of the molecule is COc1ccc(Cc2nc(C(=O)NCC3(c4ccc(OC)c(OC)c4)CCCC3)cs2)cc1O. The number of phenolic OH excluding ortho intramolecular Hbond substituents is 1. The molecule has 1 heterocycles. The van der Waals surface area contributed by atoms with Gasteiger partial charge in [0.25, 0.3) is 5.91 Å². The van der Waals surface area contributed by atoms with Gasteiger partial charge in [0.05, 0.1) is 26.3 Å². The predicted octanol–water partition coefficient (Wildman–Crippen LogP) is 4.71. The minimum atomic E-state index is -0.174. The van der Waals surface area contributed by atoms with Crippen molar-refractivity contribution in [3.05, 3.63) is 63.6 Å². The number of carbonyl (C=O) groups is 1. The van der Waals surface area contributed by atoms with E-state index in [4.69, 9.17) is 14.2 Å². The predicted molar refractivity (Wildman–Crippen MR) is 132 cm³/mol. The highest BCUT2D eigenvalue weighted by atomic mass is 32.1. The molecule has 0 atom stereocenters. The molecule has 4 rings (SSSR count). The molecule has 1 saturated carbocycles. The number of hydrogen-bond acceptors (Lipinski definition) is 7. The normalized spacial score (nSPS) is 14.6. The summed E-state index contributed by atoms with van der Waals surface area (Å²) in [7, 11) is 4.78. The van der Waals surface area contributed by atoms with Gasteiger partial charge in [-0.3, -0.25) is 4.79 Å². The molecule has 1 aliphatic carbocycles. The number of benzene rings is 2. The summed E-state index contributed by atoms with van der Waals surface area (Å²) in [5, 5.41) is 15.7. The fourth-order valence-electron chi connectivity index (χ4n) is 4.64. The molecule has 7 nitrogen and oxygen atoms in total. The summed E-state index contributed by atoms with van der Waals surface area (Å²) >= 11 is 1.44. The Balaban J connectivity index is 1.44. The highest BCUT2D eigenvalue weighted by Crippen LogP contribution is 2.43. The topological polar surface area (TPSA) is 89.9 Å². The van der Waals surface area contributed by atoms with Crippen LogP contribution >= 0.6 is 11.3 Å². The lowest BCUT2D eigenvalue weighted by Gasteiger charge is -2.30.